The van der Waals surface area contributed by atoms with Crippen molar-refractivity contribution in [3.63, 3.8) is 0 Å². The summed E-state index contributed by atoms with van der Waals surface area (Å²) in [6.45, 7) is 0. The molecule has 0 radical (unpaired) electrons. The Hall–Kier alpha value is 0.620. The molecule has 1 aliphatic rings. The van der Waals surface area contributed by atoms with Gasteiger partial charge in [0, 0.05) is 0 Å². The maximum absolute atomic E-state index is 11.3. The highest BCUT2D eigenvalue weighted by Crippen LogP contribution is 2.43. The van der Waals surface area contributed by atoms with Crippen molar-refractivity contribution in [3.05, 3.63) is 10.1 Å². The van der Waals surface area contributed by atoms with Gasteiger partial charge < -0.3 is 4.29 Å². The van der Waals surface area contributed by atoms with Crippen LogP contribution in [0.15, 0.2) is 15.1 Å². The van der Waals surface area contributed by atoms with Gasteiger partial charge in [-0.15, -0.1) is 0 Å². The average Bonchev–Trinajstić information content (AvgIpc) is 2.22. The zero-order valence-electron chi connectivity index (χ0n) is 6.61. The smallest absolute Gasteiger partial charge is 0.345 e. The minimum absolute atomic E-state index is 0.139. The van der Waals surface area contributed by atoms with Crippen molar-refractivity contribution in [2.45, 2.75) is 10.4 Å². The Labute approximate surface area is 115 Å². The van der Waals surface area contributed by atoms with Crippen molar-refractivity contribution in [3.8, 4) is 0 Å². The standard InChI is InChI=1S/C6HCl6NO2/c7-1-2(8)6(11,5(14)15-12)4(10)13-3(1)9/h4H. The minimum Gasteiger partial charge on any atom is -0.345 e. The molecule has 0 bridgehead atoms. The third-order valence-electron chi connectivity index (χ3n) is 1.62. The zero-order chi connectivity index (χ0) is 11.8. The summed E-state index contributed by atoms with van der Waals surface area (Å²) >= 11 is 33.4. The van der Waals surface area contributed by atoms with Crippen LogP contribution >= 0.6 is 69.9 Å². The molecule has 1 aliphatic heterocycles. The number of aliphatic imine (C=N–C) groups is 1. The van der Waals surface area contributed by atoms with Gasteiger partial charge in [-0.2, -0.15) is 0 Å². The lowest BCUT2D eigenvalue weighted by Gasteiger charge is -2.28. The first-order chi connectivity index (χ1) is 6.85. The van der Waals surface area contributed by atoms with E-state index >= 15 is 0 Å². The van der Waals surface area contributed by atoms with Gasteiger partial charge in [-0.1, -0.05) is 58.0 Å². The lowest BCUT2D eigenvalue weighted by Crippen LogP contribution is -2.44. The van der Waals surface area contributed by atoms with E-state index in [9.17, 15) is 4.79 Å². The molecular formula is C6HCl6NO2. The van der Waals surface area contributed by atoms with Crippen LogP contribution in [0.2, 0.25) is 0 Å². The van der Waals surface area contributed by atoms with Crippen LogP contribution in [0.3, 0.4) is 0 Å². The molecule has 0 N–H and O–H groups in total. The van der Waals surface area contributed by atoms with Gasteiger partial charge >= 0.3 is 5.97 Å². The maximum atomic E-state index is 11.3. The maximum Gasteiger partial charge on any atom is 0.354 e. The van der Waals surface area contributed by atoms with Crippen LogP contribution in [0.4, 0.5) is 0 Å². The normalized spacial score (nSPS) is 31.3. The highest BCUT2D eigenvalue weighted by Gasteiger charge is 2.52. The summed E-state index contributed by atoms with van der Waals surface area (Å²) in [7, 11) is 0. The van der Waals surface area contributed by atoms with E-state index in [2.05, 4.69) is 9.28 Å². The SMILES string of the molecule is O=C(OCl)C1(Cl)C(Cl)=C(Cl)C(Cl)=NC1Cl. The molecular weight excluding hydrogens is 331 g/mol. The quantitative estimate of drug-likeness (QED) is 0.544. The first-order valence-electron chi connectivity index (χ1n) is 3.31. The molecule has 2 atom stereocenters. The van der Waals surface area contributed by atoms with Gasteiger partial charge in [0.2, 0.25) is 4.87 Å². The Morgan fingerprint density at radius 1 is 1.40 bits per heavy atom. The van der Waals surface area contributed by atoms with E-state index in [1.54, 1.807) is 0 Å². The predicted octanol–water partition coefficient (Wildman–Crippen LogP) is 3.57. The summed E-state index contributed by atoms with van der Waals surface area (Å²) in [6.07, 6.45) is 0. The molecule has 0 aromatic rings. The molecule has 84 valence electrons. The largest absolute Gasteiger partial charge is 0.354 e. The summed E-state index contributed by atoms with van der Waals surface area (Å²) < 4.78 is 3.94. The van der Waals surface area contributed by atoms with Gasteiger partial charge in [0.05, 0.1) is 10.1 Å². The number of rotatable bonds is 1. The second-order valence-electron chi connectivity index (χ2n) is 2.46. The Kier molecular flexibility index (Phi) is 4.43. The molecule has 0 aromatic heterocycles. The van der Waals surface area contributed by atoms with E-state index in [0.717, 1.165) is 0 Å². The summed E-state index contributed by atoms with van der Waals surface area (Å²) in [4.78, 5) is 13.0. The Morgan fingerprint density at radius 2 is 1.93 bits per heavy atom. The summed E-state index contributed by atoms with van der Waals surface area (Å²) in [5, 5.41) is -0.593. The fourth-order valence-corrected chi connectivity index (χ4v) is 2.34. The monoisotopic (exact) mass is 329 g/mol. The van der Waals surface area contributed by atoms with Crippen LogP contribution in [-0.2, 0) is 9.08 Å². The Bertz CT molecular complexity index is 367. The molecule has 15 heavy (non-hydrogen) atoms. The second-order valence-corrected chi connectivity index (χ2v) is 4.74. The number of carbonyl (C=O) groups excluding carboxylic acids is 1. The molecule has 0 amide bonds. The fraction of sp³-hybridized carbons (Fsp3) is 0.333. The molecule has 1 heterocycles. The molecule has 9 heteroatoms. The summed E-state index contributed by atoms with van der Waals surface area (Å²) in [5.74, 6) is -1.08. The number of dihydropyridines is 1. The van der Waals surface area contributed by atoms with Crippen molar-refractivity contribution in [1.29, 1.82) is 0 Å². The van der Waals surface area contributed by atoms with E-state index < -0.39 is 16.3 Å². The van der Waals surface area contributed by atoms with E-state index in [4.69, 9.17) is 69.9 Å². The third kappa shape index (κ3) is 2.19. The van der Waals surface area contributed by atoms with Crippen LogP contribution in [0.1, 0.15) is 0 Å². The molecule has 0 saturated carbocycles. The third-order valence-corrected chi connectivity index (χ3v) is 4.27. The molecule has 0 aromatic carbocycles. The van der Waals surface area contributed by atoms with E-state index in [1.165, 1.54) is 0 Å². The summed E-state index contributed by atoms with van der Waals surface area (Å²) in [6, 6.07) is 0. The molecule has 0 aliphatic carbocycles. The Balaban J connectivity index is 3.28. The molecule has 0 fully saturated rings. The number of carbonyl (C=O) groups is 1. The van der Waals surface area contributed by atoms with Crippen molar-refractivity contribution >= 4 is 81.0 Å². The minimum atomic E-state index is -1.96. The molecule has 0 spiro atoms. The molecule has 1 rings (SSSR count). The topological polar surface area (TPSA) is 38.7 Å². The first kappa shape index (κ1) is 13.7. The van der Waals surface area contributed by atoms with Crippen LogP contribution in [0.25, 0.3) is 0 Å². The van der Waals surface area contributed by atoms with E-state index in [-0.39, 0.29) is 15.2 Å². The lowest BCUT2D eigenvalue weighted by molar-refractivity contribution is -0.135. The number of halogens is 6. The van der Waals surface area contributed by atoms with E-state index in [1.807, 2.05) is 0 Å². The van der Waals surface area contributed by atoms with Gasteiger partial charge in [0.25, 0.3) is 0 Å². The predicted molar refractivity (Wildman–Crippen MR) is 62.2 cm³/mol. The van der Waals surface area contributed by atoms with Gasteiger partial charge in [0.1, 0.15) is 17.0 Å². The van der Waals surface area contributed by atoms with Crippen LogP contribution in [0, 0.1) is 0 Å². The molecule has 3 nitrogen and oxygen atoms in total. The number of hydrogen-bond donors (Lipinski definition) is 0. The van der Waals surface area contributed by atoms with Crippen LogP contribution < -0.4 is 0 Å². The number of alkyl halides is 2. The zero-order valence-corrected chi connectivity index (χ0v) is 11.1. The van der Waals surface area contributed by atoms with E-state index in [0.29, 0.717) is 0 Å². The summed E-state index contributed by atoms with van der Waals surface area (Å²) in [5.41, 5.74) is -1.26. The Morgan fingerprint density at radius 3 is 2.40 bits per heavy atom. The lowest BCUT2D eigenvalue weighted by atomic mass is 10.1. The fourth-order valence-electron chi connectivity index (χ4n) is 0.843. The molecule has 2 unspecified atom stereocenters. The highest BCUT2D eigenvalue weighted by atomic mass is 35.5. The highest BCUT2D eigenvalue weighted by molar-refractivity contribution is 6.78. The second kappa shape index (κ2) is 4.86. The number of allylic oxidation sites excluding steroid dienone is 1. The average molecular weight is 332 g/mol. The molecule has 0 saturated heterocycles. The number of nitrogens with zero attached hydrogens (tertiary/aromatic N) is 1. The van der Waals surface area contributed by atoms with Gasteiger partial charge in [-0.25, -0.2) is 9.79 Å². The van der Waals surface area contributed by atoms with Crippen molar-refractivity contribution in [1.82, 2.24) is 0 Å². The van der Waals surface area contributed by atoms with Gasteiger partial charge in [-0.3, -0.25) is 0 Å². The van der Waals surface area contributed by atoms with Crippen molar-refractivity contribution in [2.75, 3.05) is 0 Å². The van der Waals surface area contributed by atoms with Crippen LogP contribution in [-0.4, -0.2) is 21.5 Å². The van der Waals surface area contributed by atoms with Crippen LogP contribution in [0.5, 0.6) is 0 Å². The van der Waals surface area contributed by atoms with Gasteiger partial charge in [0.15, 0.2) is 5.50 Å². The van der Waals surface area contributed by atoms with Crippen molar-refractivity contribution < 1.29 is 9.08 Å². The number of hydrogen-bond acceptors (Lipinski definition) is 3. The van der Waals surface area contributed by atoms with Gasteiger partial charge in [-0.05, 0) is 0 Å². The first-order valence-corrected chi connectivity index (χ1v) is 5.56. The van der Waals surface area contributed by atoms with Crippen molar-refractivity contribution in [2.24, 2.45) is 4.99 Å².